The highest BCUT2D eigenvalue weighted by Gasteiger charge is 2.25. The van der Waals surface area contributed by atoms with Crippen LogP contribution in [0.5, 0.6) is 0 Å². The monoisotopic (exact) mass is 463 g/mol. The van der Waals surface area contributed by atoms with Crippen molar-refractivity contribution >= 4 is 17.6 Å². The summed E-state index contributed by atoms with van der Waals surface area (Å²) in [7, 11) is 0. The first kappa shape index (κ1) is 24.2. The topological polar surface area (TPSA) is 67.9 Å². The molecule has 1 atom stereocenters. The van der Waals surface area contributed by atoms with Gasteiger partial charge in [0.2, 0.25) is 0 Å². The standard InChI is InChI=1S/C27H37N5O2/c1-2-30-16-18-31(19-17-30)15-13-28-26(33)23-9-6-8-22(20-23)24-10-7-14-32(21-24)27(34)29-25-11-4-3-5-12-25/h3-6,8-9,11-12,20,24H,2,7,10,13-19,21H2,1H3,(H,28,33)(H,29,34). The lowest BCUT2D eigenvalue weighted by molar-refractivity contribution is 0.0937. The molecule has 0 aliphatic carbocycles. The first-order chi connectivity index (χ1) is 16.6. The van der Waals surface area contributed by atoms with Crippen LogP contribution in [0.1, 0.15) is 41.6 Å². The van der Waals surface area contributed by atoms with Gasteiger partial charge in [0.05, 0.1) is 0 Å². The van der Waals surface area contributed by atoms with Crippen molar-refractivity contribution in [2.24, 2.45) is 0 Å². The van der Waals surface area contributed by atoms with Crippen molar-refractivity contribution in [3.8, 4) is 0 Å². The number of para-hydroxylation sites is 1. The minimum absolute atomic E-state index is 0.0245. The Balaban J connectivity index is 1.28. The molecule has 2 aliphatic heterocycles. The van der Waals surface area contributed by atoms with E-state index in [9.17, 15) is 9.59 Å². The van der Waals surface area contributed by atoms with E-state index in [2.05, 4.69) is 33.4 Å². The maximum Gasteiger partial charge on any atom is 0.321 e. The average molecular weight is 464 g/mol. The summed E-state index contributed by atoms with van der Waals surface area (Å²) in [6.45, 7) is 10.6. The molecule has 2 aromatic carbocycles. The number of hydrogen-bond donors (Lipinski definition) is 2. The molecular formula is C27H37N5O2. The van der Waals surface area contributed by atoms with Crippen molar-refractivity contribution in [2.75, 3.05) is 64.2 Å². The van der Waals surface area contributed by atoms with Crippen molar-refractivity contribution < 1.29 is 9.59 Å². The Hall–Kier alpha value is -2.90. The molecule has 2 fully saturated rings. The van der Waals surface area contributed by atoms with E-state index in [4.69, 9.17) is 0 Å². The Morgan fingerprint density at radius 2 is 1.71 bits per heavy atom. The van der Waals surface area contributed by atoms with Gasteiger partial charge in [0.1, 0.15) is 0 Å². The molecule has 7 heteroatoms. The van der Waals surface area contributed by atoms with Gasteiger partial charge in [0.15, 0.2) is 0 Å². The van der Waals surface area contributed by atoms with Gasteiger partial charge in [-0.25, -0.2) is 4.79 Å². The SMILES string of the molecule is CCN1CCN(CCNC(=O)c2cccc(C3CCCN(C(=O)Nc4ccccc4)C3)c2)CC1. The fourth-order valence-corrected chi connectivity index (χ4v) is 4.85. The summed E-state index contributed by atoms with van der Waals surface area (Å²) in [5.41, 5.74) is 2.63. The number of carbonyl (C=O) groups is 2. The van der Waals surface area contributed by atoms with E-state index in [1.54, 1.807) is 0 Å². The maximum absolute atomic E-state index is 12.8. The molecular weight excluding hydrogens is 426 g/mol. The lowest BCUT2D eigenvalue weighted by atomic mass is 9.89. The fraction of sp³-hybridized carbons (Fsp3) is 0.481. The molecule has 3 amide bonds. The molecule has 2 heterocycles. The van der Waals surface area contributed by atoms with Gasteiger partial charge >= 0.3 is 6.03 Å². The number of nitrogens with zero attached hydrogens (tertiary/aromatic N) is 3. The number of likely N-dealkylation sites (N-methyl/N-ethyl adjacent to an activating group) is 1. The largest absolute Gasteiger partial charge is 0.351 e. The molecule has 2 aromatic rings. The summed E-state index contributed by atoms with van der Waals surface area (Å²) in [6, 6.07) is 17.4. The van der Waals surface area contributed by atoms with Gasteiger partial charge in [0.25, 0.3) is 5.91 Å². The summed E-state index contributed by atoms with van der Waals surface area (Å²) in [6.07, 6.45) is 1.97. The lowest BCUT2D eigenvalue weighted by Gasteiger charge is -2.34. The third-order valence-electron chi connectivity index (χ3n) is 6.98. The fourth-order valence-electron chi connectivity index (χ4n) is 4.85. The maximum atomic E-state index is 12.8. The van der Waals surface area contributed by atoms with Crippen molar-refractivity contribution in [3.63, 3.8) is 0 Å². The van der Waals surface area contributed by atoms with Crippen molar-refractivity contribution in [3.05, 3.63) is 65.7 Å². The molecule has 34 heavy (non-hydrogen) atoms. The molecule has 182 valence electrons. The molecule has 2 saturated heterocycles. The van der Waals surface area contributed by atoms with Crippen LogP contribution in [0.2, 0.25) is 0 Å². The molecule has 2 aliphatic rings. The van der Waals surface area contributed by atoms with Gasteiger partial charge in [-0.2, -0.15) is 0 Å². The quantitative estimate of drug-likeness (QED) is 0.660. The van der Waals surface area contributed by atoms with E-state index in [1.165, 1.54) is 0 Å². The van der Waals surface area contributed by atoms with Crippen LogP contribution in [0.3, 0.4) is 0 Å². The number of anilines is 1. The molecule has 2 N–H and O–H groups in total. The molecule has 0 aromatic heterocycles. The van der Waals surface area contributed by atoms with Crippen molar-refractivity contribution in [2.45, 2.75) is 25.7 Å². The van der Waals surface area contributed by atoms with Crippen LogP contribution in [-0.2, 0) is 0 Å². The first-order valence-corrected chi connectivity index (χ1v) is 12.6. The van der Waals surface area contributed by atoms with Crippen LogP contribution >= 0.6 is 0 Å². The third kappa shape index (κ3) is 6.58. The molecule has 4 rings (SSSR count). The van der Waals surface area contributed by atoms with Crippen LogP contribution in [0.15, 0.2) is 54.6 Å². The normalized spacial score (nSPS) is 19.6. The number of piperazine rings is 1. The van der Waals surface area contributed by atoms with Crippen LogP contribution in [0, 0.1) is 0 Å². The zero-order chi connectivity index (χ0) is 23.8. The Bertz CT molecular complexity index is 943. The highest BCUT2D eigenvalue weighted by atomic mass is 16.2. The Morgan fingerprint density at radius 1 is 0.941 bits per heavy atom. The second-order valence-electron chi connectivity index (χ2n) is 9.24. The summed E-state index contributed by atoms with van der Waals surface area (Å²) >= 11 is 0. The van der Waals surface area contributed by atoms with Gasteiger partial charge in [-0.3, -0.25) is 9.69 Å². The molecule has 0 radical (unpaired) electrons. The van der Waals surface area contributed by atoms with Gasteiger partial charge in [-0.1, -0.05) is 37.3 Å². The molecule has 0 bridgehead atoms. The Kier molecular flexibility index (Phi) is 8.55. The zero-order valence-corrected chi connectivity index (χ0v) is 20.2. The van der Waals surface area contributed by atoms with Gasteiger partial charge in [-0.15, -0.1) is 0 Å². The second-order valence-corrected chi connectivity index (χ2v) is 9.24. The minimum atomic E-state index is -0.0652. The van der Waals surface area contributed by atoms with E-state index < -0.39 is 0 Å². The predicted octanol–water partition coefficient (Wildman–Crippen LogP) is 3.47. The van der Waals surface area contributed by atoms with Crippen molar-refractivity contribution in [1.29, 1.82) is 0 Å². The number of urea groups is 1. The van der Waals surface area contributed by atoms with Gasteiger partial charge in [-0.05, 0) is 49.2 Å². The number of likely N-dealkylation sites (tertiary alicyclic amines) is 1. The third-order valence-corrected chi connectivity index (χ3v) is 6.98. The number of rotatable bonds is 7. The number of piperidine rings is 1. The number of benzene rings is 2. The van der Waals surface area contributed by atoms with E-state index >= 15 is 0 Å². The minimum Gasteiger partial charge on any atom is -0.351 e. The van der Waals surface area contributed by atoms with Crippen LogP contribution in [0.25, 0.3) is 0 Å². The van der Waals surface area contributed by atoms with E-state index in [-0.39, 0.29) is 17.9 Å². The molecule has 0 spiro atoms. The van der Waals surface area contributed by atoms with Crippen LogP contribution in [0.4, 0.5) is 10.5 Å². The number of carbonyl (C=O) groups excluding carboxylic acids is 2. The summed E-state index contributed by atoms with van der Waals surface area (Å²) in [5, 5.41) is 6.07. The summed E-state index contributed by atoms with van der Waals surface area (Å²) < 4.78 is 0. The smallest absolute Gasteiger partial charge is 0.321 e. The average Bonchev–Trinajstić information content (AvgIpc) is 2.90. The van der Waals surface area contributed by atoms with Gasteiger partial charge < -0.3 is 20.4 Å². The first-order valence-electron chi connectivity index (χ1n) is 12.6. The predicted molar refractivity (Wildman–Crippen MR) is 136 cm³/mol. The van der Waals surface area contributed by atoms with Gasteiger partial charge in [0, 0.05) is 69.5 Å². The number of nitrogens with one attached hydrogen (secondary N) is 2. The van der Waals surface area contributed by atoms with E-state index in [0.717, 1.165) is 69.9 Å². The highest BCUT2D eigenvalue weighted by molar-refractivity contribution is 5.94. The van der Waals surface area contributed by atoms with Crippen LogP contribution in [-0.4, -0.2) is 85.5 Å². The van der Waals surface area contributed by atoms with E-state index in [1.807, 2.05) is 53.4 Å². The van der Waals surface area contributed by atoms with Crippen molar-refractivity contribution in [1.82, 2.24) is 20.0 Å². The Labute approximate surface area is 203 Å². The molecule has 7 nitrogen and oxygen atoms in total. The molecule has 1 unspecified atom stereocenters. The Morgan fingerprint density at radius 3 is 2.47 bits per heavy atom. The van der Waals surface area contributed by atoms with E-state index in [0.29, 0.717) is 18.7 Å². The molecule has 0 saturated carbocycles. The lowest BCUT2D eigenvalue weighted by Crippen LogP contribution is -2.48. The highest BCUT2D eigenvalue weighted by Crippen LogP contribution is 2.28. The zero-order valence-electron chi connectivity index (χ0n) is 20.2. The number of hydrogen-bond acceptors (Lipinski definition) is 4. The summed E-state index contributed by atoms with van der Waals surface area (Å²) in [5.74, 6) is 0.210. The summed E-state index contributed by atoms with van der Waals surface area (Å²) in [4.78, 5) is 32.3. The number of amides is 3. The van der Waals surface area contributed by atoms with Crippen LogP contribution < -0.4 is 10.6 Å². The second kappa shape index (κ2) is 12.0.